The zero-order valence-electron chi connectivity index (χ0n) is 17.8. The molecule has 0 radical (unpaired) electrons. The second-order valence-corrected chi connectivity index (χ2v) is 7.86. The second kappa shape index (κ2) is 9.94. The molecule has 0 aliphatic heterocycles. The minimum Gasteiger partial charge on any atom is -0.491 e. The molecule has 2 aromatic rings. The van der Waals surface area contributed by atoms with E-state index in [1.54, 1.807) is 19.2 Å². The predicted molar refractivity (Wildman–Crippen MR) is 113 cm³/mol. The van der Waals surface area contributed by atoms with Gasteiger partial charge in [0.05, 0.1) is 13.7 Å². The fraction of sp³-hybridized carbons (Fsp3) is 0.458. The molecule has 0 bridgehead atoms. The van der Waals surface area contributed by atoms with Crippen molar-refractivity contribution in [3.63, 3.8) is 0 Å². The van der Waals surface area contributed by atoms with Crippen LogP contribution in [0.2, 0.25) is 0 Å². The largest absolute Gasteiger partial charge is 0.491 e. The molecule has 1 amide bonds. The van der Waals surface area contributed by atoms with Crippen LogP contribution in [0.3, 0.4) is 0 Å². The van der Waals surface area contributed by atoms with E-state index >= 15 is 0 Å². The van der Waals surface area contributed by atoms with Gasteiger partial charge in [0.2, 0.25) is 0 Å². The molecule has 1 N–H and O–H groups in total. The van der Waals surface area contributed by atoms with Gasteiger partial charge in [-0.15, -0.1) is 0 Å². The molecular formula is C24H30FNO4. The maximum Gasteiger partial charge on any atom is 0.407 e. The van der Waals surface area contributed by atoms with Crippen LogP contribution in [0.25, 0.3) is 0 Å². The van der Waals surface area contributed by atoms with Crippen LogP contribution in [0.4, 0.5) is 9.18 Å². The Morgan fingerprint density at radius 1 is 1.10 bits per heavy atom. The highest BCUT2D eigenvalue weighted by Crippen LogP contribution is 2.47. The number of amides is 1. The lowest BCUT2D eigenvalue weighted by molar-refractivity contribution is 0.146. The highest BCUT2D eigenvalue weighted by molar-refractivity contribution is 5.67. The van der Waals surface area contributed by atoms with Crippen molar-refractivity contribution in [3.05, 3.63) is 65.5 Å². The number of hydrogen-bond acceptors (Lipinski definition) is 4. The third-order valence-electron chi connectivity index (χ3n) is 6.18. The molecular weight excluding hydrogens is 385 g/mol. The number of methoxy groups -OCH3 is 2. The Labute approximate surface area is 177 Å². The fourth-order valence-corrected chi connectivity index (χ4v) is 4.58. The summed E-state index contributed by atoms with van der Waals surface area (Å²) in [7, 11) is 3.00. The second-order valence-electron chi connectivity index (χ2n) is 7.86. The van der Waals surface area contributed by atoms with Crippen molar-refractivity contribution in [1.29, 1.82) is 0 Å². The number of nitrogens with one attached hydrogen (secondary N) is 1. The zero-order chi connectivity index (χ0) is 21.6. The number of carbonyl (C=O) groups excluding carboxylic acids is 1. The highest BCUT2D eigenvalue weighted by atomic mass is 19.1. The Bertz CT molecular complexity index is 841. The summed E-state index contributed by atoms with van der Waals surface area (Å²) in [5.74, 6) is 0.584. The molecule has 162 valence electrons. The molecule has 3 rings (SSSR count). The number of benzene rings is 2. The molecule has 1 aliphatic carbocycles. The lowest BCUT2D eigenvalue weighted by atomic mass is 9.65. The lowest BCUT2D eigenvalue weighted by Gasteiger charge is -2.40. The van der Waals surface area contributed by atoms with E-state index in [-0.39, 0.29) is 17.8 Å². The van der Waals surface area contributed by atoms with Gasteiger partial charge in [-0.2, -0.15) is 0 Å². The van der Waals surface area contributed by atoms with Gasteiger partial charge in [-0.1, -0.05) is 37.6 Å². The van der Waals surface area contributed by atoms with Crippen LogP contribution < -0.4 is 10.1 Å². The van der Waals surface area contributed by atoms with Crippen molar-refractivity contribution in [2.24, 2.45) is 5.92 Å². The van der Waals surface area contributed by atoms with Gasteiger partial charge in [0.1, 0.15) is 18.2 Å². The van der Waals surface area contributed by atoms with Crippen LogP contribution in [0, 0.1) is 11.7 Å². The molecule has 1 aliphatic rings. The zero-order valence-corrected chi connectivity index (χ0v) is 17.8. The summed E-state index contributed by atoms with van der Waals surface area (Å²) in [5, 5.41) is 2.99. The standard InChI is InChI=1S/C24H30FNO4/c1-24(18-6-4-7-19(25)16-18,21-8-5-9-22(21)26-23(27)29-3)17-10-12-20(13-11-17)30-15-14-28-2/h4,6-7,10-13,16,21-22H,5,8-9,14-15H2,1-3H3,(H,26,27)/t21-,22-,24?/m0/s1. The van der Waals surface area contributed by atoms with E-state index in [9.17, 15) is 9.18 Å². The first-order chi connectivity index (χ1) is 14.5. The summed E-state index contributed by atoms with van der Waals surface area (Å²) in [5.41, 5.74) is 1.45. The number of alkyl carbamates (subject to hydrolysis) is 1. The van der Waals surface area contributed by atoms with Crippen molar-refractivity contribution in [2.75, 3.05) is 27.4 Å². The third kappa shape index (κ3) is 4.75. The summed E-state index contributed by atoms with van der Waals surface area (Å²) in [4.78, 5) is 11.9. The van der Waals surface area contributed by atoms with E-state index < -0.39 is 11.5 Å². The smallest absolute Gasteiger partial charge is 0.407 e. The van der Waals surface area contributed by atoms with E-state index in [0.717, 1.165) is 36.1 Å². The van der Waals surface area contributed by atoms with E-state index in [1.165, 1.54) is 13.2 Å². The molecule has 1 unspecified atom stereocenters. The van der Waals surface area contributed by atoms with Crippen LogP contribution in [-0.2, 0) is 14.9 Å². The van der Waals surface area contributed by atoms with Crippen molar-refractivity contribution in [2.45, 2.75) is 37.6 Å². The Hall–Kier alpha value is -2.60. The van der Waals surface area contributed by atoms with Gasteiger partial charge in [0.15, 0.2) is 0 Å². The molecule has 1 fully saturated rings. The number of ether oxygens (including phenoxy) is 3. The number of rotatable bonds is 8. The van der Waals surface area contributed by atoms with Gasteiger partial charge in [-0.05, 0) is 54.2 Å². The monoisotopic (exact) mass is 415 g/mol. The molecule has 0 saturated heterocycles. The number of halogens is 1. The lowest BCUT2D eigenvalue weighted by Crippen LogP contribution is -2.46. The molecule has 0 heterocycles. The van der Waals surface area contributed by atoms with Crippen molar-refractivity contribution in [3.8, 4) is 5.75 Å². The maximum atomic E-state index is 14.2. The normalized spacial score (nSPS) is 20.4. The Morgan fingerprint density at radius 2 is 1.87 bits per heavy atom. The number of carbonyl (C=O) groups is 1. The topological polar surface area (TPSA) is 56.8 Å². The van der Waals surface area contributed by atoms with Crippen LogP contribution >= 0.6 is 0 Å². The molecule has 30 heavy (non-hydrogen) atoms. The molecule has 0 spiro atoms. The average molecular weight is 416 g/mol. The fourth-order valence-electron chi connectivity index (χ4n) is 4.58. The predicted octanol–water partition coefficient (Wildman–Crippen LogP) is 4.68. The van der Waals surface area contributed by atoms with Crippen LogP contribution in [0.5, 0.6) is 5.75 Å². The van der Waals surface area contributed by atoms with Gasteiger partial charge in [-0.3, -0.25) is 0 Å². The first-order valence-corrected chi connectivity index (χ1v) is 10.3. The van der Waals surface area contributed by atoms with Crippen molar-refractivity contribution >= 4 is 6.09 Å². The molecule has 5 nitrogen and oxygen atoms in total. The molecule has 1 saturated carbocycles. The van der Waals surface area contributed by atoms with Gasteiger partial charge in [0.25, 0.3) is 0 Å². The van der Waals surface area contributed by atoms with Crippen molar-refractivity contribution in [1.82, 2.24) is 5.32 Å². The maximum absolute atomic E-state index is 14.2. The third-order valence-corrected chi connectivity index (χ3v) is 6.18. The SMILES string of the molecule is COCCOc1ccc(C(C)(c2cccc(F)c2)[C@H]2CCC[C@@H]2NC(=O)OC)cc1. The molecule has 3 atom stereocenters. The Balaban J connectivity index is 1.97. The first kappa shape index (κ1) is 22.1. The number of hydrogen-bond donors (Lipinski definition) is 1. The summed E-state index contributed by atoms with van der Waals surface area (Å²) in [6.45, 7) is 3.13. The van der Waals surface area contributed by atoms with Crippen LogP contribution in [-0.4, -0.2) is 39.6 Å². The first-order valence-electron chi connectivity index (χ1n) is 10.3. The summed E-state index contributed by atoms with van der Waals surface area (Å²) < 4.78 is 29.7. The molecule has 2 aromatic carbocycles. The van der Waals surface area contributed by atoms with Gasteiger partial charge < -0.3 is 19.5 Å². The highest BCUT2D eigenvalue weighted by Gasteiger charge is 2.45. The summed E-state index contributed by atoms with van der Waals surface area (Å²) >= 11 is 0. The summed E-state index contributed by atoms with van der Waals surface area (Å²) in [6.07, 6.45) is 2.34. The average Bonchev–Trinajstić information content (AvgIpc) is 3.22. The minimum absolute atomic E-state index is 0.0525. The Kier molecular flexibility index (Phi) is 7.32. The molecule has 6 heteroatoms. The van der Waals surface area contributed by atoms with E-state index in [1.807, 2.05) is 30.3 Å². The van der Waals surface area contributed by atoms with Gasteiger partial charge >= 0.3 is 6.09 Å². The van der Waals surface area contributed by atoms with E-state index in [2.05, 4.69) is 12.2 Å². The quantitative estimate of drug-likeness (QED) is 0.636. The van der Waals surface area contributed by atoms with Gasteiger partial charge in [0, 0.05) is 18.6 Å². The van der Waals surface area contributed by atoms with E-state index in [4.69, 9.17) is 14.2 Å². The Morgan fingerprint density at radius 3 is 2.53 bits per heavy atom. The van der Waals surface area contributed by atoms with E-state index in [0.29, 0.717) is 13.2 Å². The minimum atomic E-state index is -0.491. The summed E-state index contributed by atoms with van der Waals surface area (Å²) in [6, 6.07) is 14.6. The molecule has 0 aromatic heterocycles. The van der Waals surface area contributed by atoms with Crippen LogP contribution in [0.15, 0.2) is 48.5 Å². The van der Waals surface area contributed by atoms with Gasteiger partial charge in [-0.25, -0.2) is 9.18 Å². The van der Waals surface area contributed by atoms with Crippen LogP contribution in [0.1, 0.15) is 37.3 Å². The van der Waals surface area contributed by atoms with Crippen molar-refractivity contribution < 1.29 is 23.4 Å².